The summed E-state index contributed by atoms with van der Waals surface area (Å²) >= 11 is 3.32. The van der Waals surface area contributed by atoms with Gasteiger partial charge in [0.15, 0.2) is 0 Å². The van der Waals surface area contributed by atoms with Gasteiger partial charge in [-0.1, -0.05) is 0 Å². The molecule has 0 amide bonds. The molecule has 6 heteroatoms. The molecule has 0 aromatic carbocycles. The number of nitrogens with one attached hydrogen (secondary N) is 1. The third-order valence-electron chi connectivity index (χ3n) is 3.43. The van der Waals surface area contributed by atoms with Crippen molar-refractivity contribution >= 4 is 21.6 Å². The smallest absolute Gasteiger partial charge is 0.282 e. The first kappa shape index (κ1) is 14.5. The number of hydrogen-bond acceptors (Lipinski definition) is 4. The minimum atomic E-state index is -0.128. The second-order valence-corrected chi connectivity index (χ2v) is 5.85. The van der Waals surface area contributed by atoms with Gasteiger partial charge in [0, 0.05) is 19.7 Å². The highest BCUT2D eigenvalue weighted by Crippen LogP contribution is 2.21. The minimum absolute atomic E-state index is 0.128. The predicted octanol–water partition coefficient (Wildman–Crippen LogP) is 2.30. The molecule has 0 spiro atoms. The number of halogens is 1. The Morgan fingerprint density at radius 1 is 1.68 bits per heavy atom. The van der Waals surface area contributed by atoms with Gasteiger partial charge in [0.25, 0.3) is 5.56 Å². The summed E-state index contributed by atoms with van der Waals surface area (Å²) in [4.78, 5) is 11.7. The second kappa shape index (κ2) is 6.52. The topological polar surface area (TPSA) is 56.1 Å². The van der Waals surface area contributed by atoms with E-state index in [-0.39, 0.29) is 11.6 Å². The van der Waals surface area contributed by atoms with Crippen molar-refractivity contribution in [1.82, 2.24) is 9.78 Å². The average molecular weight is 330 g/mol. The van der Waals surface area contributed by atoms with Crippen LogP contribution in [0.1, 0.15) is 32.6 Å². The lowest BCUT2D eigenvalue weighted by Crippen LogP contribution is -2.24. The maximum absolute atomic E-state index is 11.7. The van der Waals surface area contributed by atoms with Crippen molar-refractivity contribution < 1.29 is 4.74 Å². The zero-order valence-corrected chi connectivity index (χ0v) is 12.9. The summed E-state index contributed by atoms with van der Waals surface area (Å²) < 4.78 is 7.46. The standard InChI is InChI=1S/C13H20BrN3O2/c1-9(5-6-10-4-3-7-19-10)16-11-8-15-17(2)13(18)12(11)14/h8-10,16H,3-7H2,1-2H3/t9-,10+/m1/s1. The van der Waals surface area contributed by atoms with Crippen LogP contribution in [-0.2, 0) is 11.8 Å². The van der Waals surface area contributed by atoms with Gasteiger partial charge in [-0.3, -0.25) is 4.79 Å². The van der Waals surface area contributed by atoms with Gasteiger partial charge in [-0.25, -0.2) is 4.68 Å². The van der Waals surface area contributed by atoms with Crippen molar-refractivity contribution in [3.8, 4) is 0 Å². The van der Waals surface area contributed by atoms with Crippen LogP contribution in [0.5, 0.6) is 0 Å². The molecule has 1 aromatic heterocycles. The summed E-state index contributed by atoms with van der Waals surface area (Å²) in [6, 6.07) is 0.286. The zero-order valence-electron chi connectivity index (χ0n) is 11.4. The van der Waals surface area contributed by atoms with E-state index in [0.29, 0.717) is 10.6 Å². The van der Waals surface area contributed by atoms with Crippen LogP contribution in [-0.4, -0.2) is 28.5 Å². The van der Waals surface area contributed by atoms with Gasteiger partial charge in [0.2, 0.25) is 0 Å². The molecular formula is C13H20BrN3O2. The Balaban J connectivity index is 1.89. The summed E-state index contributed by atoms with van der Waals surface area (Å²) in [5.41, 5.74) is 0.624. The van der Waals surface area contributed by atoms with Crippen LogP contribution >= 0.6 is 15.9 Å². The largest absolute Gasteiger partial charge is 0.380 e. The van der Waals surface area contributed by atoms with Gasteiger partial charge < -0.3 is 10.1 Å². The zero-order chi connectivity index (χ0) is 13.8. The molecule has 2 atom stereocenters. The molecule has 1 N–H and O–H groups in total. The average Bonchev–Trinajstić information content (AvgIpc) is 2.90. The first-order valence-electron chi connectivity index (χ1n) is 6.68. The van der Waals surface area contributed by atoms with Gasteiger partial charge >= 0.3 is 0 Å². The van der Waals surface area contributed by atoms with E-state index in [1.807, 2.05) is 0 Å². The molecule has 1 aliphatic rings. The Labute approximate surface area is 121 Å². The van der Waals surface area contributed by atoms with Gasteiger partial charge in [-0.2, -0.15) is 5.10 Å². The molecule has 0 saturated carbocycles. The van der Waals surface area contributed by atoms with Gasteiger partial charge in [0.1, 0.15) is 4.47 Å². The van der Waals surface area contributed by atoms with Crippen molar-refractivity contribution in [3.63, 3.8) is 0 Å². The molecule has 2 rings (SSSR count). The number of ether oxygens (including phenoxy) is 1. The Kier molecular flexibility index (Phi) is 4.99. The highest BCUT2D eigenvalue weighted by Gasteiger charge is 2.17. The Morgan fingerprint density at radius 3 is 3.16 bits per heavy atom. The molecule has 106 valence electrons. The fourth-order valence-corrected chi connectivity index (χ4v) is 2.73. The van der Waals surface area contributed by atoms with Crippen molar-refractivity contribution in [3.05, 3.63) is 21.0 Å². The van der Waals surface area contributed by atoms with E-state index in [4.69, 9.17) is 4.74 Å². The fourth-order valence-electron chi connectivity index (χ4n) is 2.26. The first-order chi connectivity index (χ1) is 9.08. The number of anilines is 1. The molecule has 0 unspecified atom stereocenters. The molecule has 1 fully saturated rings. The lowest BCUT2D eigenvalue weighted by molar-refractivity contribution is 0.102. The van der Waals surface area contributed by atoms with Gasteiger partial charge in [-0.05, 0) is 48.5 Å². The summed E-state index contributed by atoms with van der Waals surface area (Å²) in [5.74, 6) is 0. The molecule has 0 bridgehead atoms. The fraction of sp³-hybridized carbons (Fsp3) is 0.692. The van der Waals surface area contributed by atoms with E-state index in [1.165, 1.54) is 17.5 Å². The monoisotopic (exact) mass is 329 g/mol. The van der Waals surface area contributed by atoms with Crippen molar-refractivity contribution in [2.24, 2.45) is 7.05 Å². The molecule has 5 nitrogen and oxygen atoms in total. The third-order valence-corrected chi connectivity index (χ3v) is 4.19. The molecule has 2 heterocycles. The van der Waals surface area contributed by atoms with Crippen LogP contribution < -0.4 is 10.9 Å². The highest BCUT2D eigenvalue weighted by atomic mass is 79.9. The maximum Gasteiger partial charge on any atom is 0.282 e. The summed E-state index contributed by atoms with van der Waals surface area (Å²) in [7, 11) is 1.64. The number of aryl methyl sites for hydroxylation is 1. The van der Waals surface area contributed by atoms with Crippen LogP contribution in [0.3, 0.4) is 0 Å². The van der Waals surface area contributed by atoms with Crippen molar-refractivity contribution in [2.45, 2.75) is 44.8 Å². The number of rotatable bonds is 5. The van der Waals surface area contributed by atoms with Crippen LogP contribution in [0.2, 0.25) is 0 Å². The van der Waals surface area contributed by atoms with E-state index in [0.717, 1.165) is 25.1 Å². The van der Waals surface area contributed by atoms with Crippen LogP contribution in [0.25, 0.3) is 0 Å². The number of nitrogens with zero attached hydrogens (tertiary/aromatic N) is 2. The Hall–Kier alpha value is -0.880. The number of aromatic nitrogens is 2. The van der Waals surface area contributed by atoms with Gasteiger partial charge in [-0.15, -0.1) is 0 Å². The molecule has 1 aliphatic heterocycles. The summed E-state index contributed by atoms with van der Waals surface area (Å²) in [5, 5.41) is 7.34. The van der Waals surface area contributed by atoms with Crippen molar-refractivity contribution in [2.75, 3.05) is 11.9 Å². The Morgan fingerprint density at radius 2 is 2.47 bits per heavy atom. The lowest BCUT2D eigenvalue weighted by Gasteiger charge is -2.18. The first-order valence-corrected chi connectivity index (χ1v) is 7.47. The normalized spacial score (nSPS) is 20.5. The van der Waals surface area contributed by atoms with Crippen LogP contribution in [0.4, 0.5) is 5.69 Å². The van der Waals surface area contributed by atoms with E-state index in [9.17, 15) is 4.79 Å². The predicted molar refractivity (Wildman–Crippen MR) is 78.5 cm³/mol. The lowest BCUT2D eigenvalue weighted by atomic mass is 10.1. The van der Waals surface area contributed by atoms with E-state index in [1.54, 1.807) is 13.2 Å². The minimum Gasteiger partial charge on any atom is -0.380 e. The summed E-state index contributed by atoms with van der Waals surface area (Å²) in [6.07, 6.45) is 6.51. The summed E-state index contributed by atoms with van der Waals surface area (Å²) in [6.45, 7) is 3.01. The van der Waals surface area contributed by atoms with E-state index in [2.05, 4.69) is 33.3 Å². The van der Waals surface area contributed by atoms with Crippen LogP contribution in [0, 0.1) is 0 Å². The third kappa shape index (κ3) is 3.79. The van der Waals surface area contributed by atoms with Crippen LogP contribution in [0.15, 0.2) is 15.5 Å². The molecule has 1 saturated heterocycles. The van der Waals surface area contributed by atoms with Crippen molar-refractivity contribution in [1.29, 1.82) is 0 Å². The van der Waals surface area contributed by atoms with E-state index < -0.39 is 0 Å². The molecule has 19 heavy (non-hydrogen) atoms. The number of hydrogen-bond donors (Lipinski definition) is 1. The Bertz CT molecular complexity index is 483. The molecule has 1 aromatic rings. The maximum atomic E-state index is 11.7. The van der Waals surface area contributed by atoms with E-state index >= 15 is 0 Å². The quantitative estimate of drug-likeness (QED) is 0.900. The second-order valence-electron chi connectivity index (χ2n) is 5.06. The molecular weight excluding hydrogens is 310 g/mol. The highest BCUT2D eigenvalue weighted by molar-refractivity contribution is 9.10. The molecule has 0 aliphatic carbocycles. The molecule has 0 radical (unpaired) electrons. The SMILES string of the molecule is C[C@H](CC[C@@H]1CCCO1)Nc1cnn(C)c(=O)c1Br. The van der Waals surface area contributed by atoms with Gasteiger partial charge in [0.05, 0.1) is 18.0 Å².